The van der Waals surface area contributed by atoms with Crippen molar-refractivity contribution < 1.29 is 4.74 Å². The number of benzene rings is 1. The van der Waals surface area contributed by atoms with Crippen molar-refractivity contribution in [3.63, 3.8) is 0 Å². The molecule has 0 N–H and O–H groups in total. The van der Waals surface area contributed by atoms with Crippen LogP contribution in [-0.4, -0.2) is 19.5 Å². The van der Waals surface area contributed by atoms with Gasteiger partial charge in [0.1, 0.15) is 24.2 Å². The maximum Gasteiger partial charge on any atom is 0.224 e. The summed E-state index contributed by atoms with van der Waals surface area (Å²) in [5, 5.41) is 0.604. The second kappa shape index (κ2) is 5.42. The van der Waals surface area contributed by atoms with Crippen LogP contribution in [0.15, 0.2) is 49.3 Å². The van der Waals surface area contributed by atoms with E-state index >= 15 is 0 Å². The second-order valence-corrected chi connectivity index (χ2v) is 5.66. The van der Waals surface area contributed by atoms with Gasteiger partial charge in [0.15, 0.2) is 0 Å². The number of ether oxygens (including phenoxy) is 1. The number of halogens is 1. The third kappa shape index (κ3) is 2.67. The van der Waals surface area contributed by atoms with Gasteiger partial charge in [0.2, 0.25) is 5.88 Å². The van der Waals surface area contributed by atoms with Gasteiger partial charge in [0.05, 0.1) is 5.02 Å². The minimum Gasteiger partial charge on any atom is -0.437 e. The summed E-state index contributed by atoms with van der Waals surface area (Å²) in [5.41, 5.74) is 1.28. The fourth-order valence-electron chi connectivity index (χ4n) is 2.30. The number of hydrogen-bond acceptors (Lipinski definition) is 4. The molecule has 22 heavy (non-hydrogen) atoms. The van der Waals surface area contributed by atoms with Crippen LogP contribution >= 0.6 is 11.6 Å². The lowest BCUT2D eigenvalue weighted by atomic mass is 10.1. The Labute approximate surface area is 132 Å². The van der Waals surface area contributed by atoms with Crippen LogP contribution in [-0.2, 0) is 0 Å². The number of aromatic nitrogens is 4. The number of hydrogen-bond donors (Lipinski definition) is 0. The molecule has 3 aromatic rings. The van der Waals surface area contributed by atoms with Crippen LogP contribution in [0, 0.1) is 0 Å². The van der Waals surface area contributed by atoms with E-state index in [9.17, 15) is 0 Å². The van der Waals surface area contributed by atoms with Gasteiger partial charge in [-0.2, -0.15) is 0 Å². The van der Waals surface area contributed by atoms with Crippen molar-refractivity contribution in [1.82, 2.24) is 19.5 Å². The van der Waals surface area contributed by atoms with Gasteiger partial charge in [-0.1, -0.05) is 17.7 Å². The molecule has 0 bridgehead atoms. The highest BCUT2D eigenvalue weighted by molar-refractivity contribution is 6.32. The fraction of sp³-hybridized carbons (Fsp3) is 0.188. The molecule has 1 fully saturated rings. The Morgan fingerprint density at radius 1 is 1.18 bits per heavy atom. The summed E-state index contributed by atoms with van der Waals surface area (Å²) in [6, 6.07) is 7.69. The van der Waals surface area contributed by atoms with Crippen LogP contribution < -0.4 is 4.74 Å². The zero-order valence-corrected chi connectivity index (χ0v) is 12.4. The minimum absolute atomic E-state index is 0.444. The third-order valence-corrected chi connectivity index (χ3v) is 3.91. The van der Waals surface area contributed by atoms with E-state index in [1.165, 1.54) is 24.7 Å². The lowest BCUT2D eigenvalue weighted by Gasteiger charge is -2.09. The van der Waals surface area contributed by atoms with Crippen molar-refractivity contribution in [1.29, 1.82) is 0 Å². The van der Waals surface area contributed by atoms with Gasteiger partial charge < -0.3 is 4.74 Å². The van der Waals surface area contributed by atoms with Crippen molar-refractivity contribution in [2.45, 2.75) is 18.8 Å². The molecule has 110 valence electrons. The molecule has 0 saturated heterocycles. The summed E-state index contributed by atoms with van der Waals surface area (Å²) in [7, 11) is 0. The van der Waals surface area contributed by atoms with E-state index in [4.69, 9.17) is 16.3 Å². The Hall–Kier alpha value is -2.40. The first-order chi connectivity index (χ1) is 10.8. The quantitative estimate of drug-likeness (QED) is 0.731. The van der Waals surface area contributed by atoms with E-state index in [0.717, 1.165) is 0 Å². The van der Waals surface area contributed by atoms with E-state index in [1.807, 2.05) is 18.3 Å². The molecular weight excluding hydrogens is 300 g/mol. The molecule has 0 radical (unpaired) electrons. The third-order valence-electron chi connectivity index (χ3n) is 3.62. The lowest BCUT2D eigenvalue weighted by Crippen LogP contribution is -1.97. The highest BCUT2D eigenvalue weighted by atomic mass is 35.5. The summed E-state index contributed by atoms with van der Waals surface area (Å²) in [6.45, 7) is 0. The zero-order chi connectivity index (χ0) is 14.9. The Morgan fingerprint density at radius 3 is 2.82 bits per heavy atom. The van der Waals surface area contributed by atoms with Crippen molar-refractivity contribution >= 4 is 11.6 Å². The SMILES string of the molecule is Clc1cc(C2CC2)ccc1Oc1cc(-n2ccnc2)ncn1. The Morgan fingerprint density at radius 2 is 2.09 bits per heavy atom. The Balaban J connectivity index is 1.59. The first-order valence-corrected chi connectivity index (χ1v) is 7.45. The smallest absolute Gasteiger partial charge is 0.224 e. The van der Waals surface area contributed by atoms with Crippen LogP contribution in [0.3, 0.4) is 0 Å². The van der Waals surface area contributed by atoms with Crippen molar-refractivity contribution in [2.75, 3.05) is 0 Å². The Bertz CT molecular complexity index is 800. The Kier molecular flexibility index (Phi) is 3.27. The highest BCUT2D eigenvalue weighted by Crippen LogP contribution is 2.42. The molecule has 2 aromatic heterocycles. The van der Waals surface area contributed by atoms with Crippen LogP contribution in [0.5, 0.6) is 11.6 Å². The summed E-state index contributed by atoms with van der Waals surface area (Å²) in [4.78, 5) is 12.3. The summed E-state index contributed by atoms with van der Waals surface area (Å²) < 4.78 is 7.57. The van der Waals surface area contributed by atoms with E-state index in [0.29, 0.717) is 28.4 Å². The number of rotatable bonds is 4. The average Bonchev–Trinajstić information content (AvgIpc) is 3.24. The first kappa shape index (κ1) is 13.3. The van der Waals surface area contributed by atoms with Gasteiger partial charge in [0, 0.05) is 18.5 Å². The molecular formula is C16H13ClN4O. The van der Waals surface area contributed by atoms with Crippen molar-refractivity contribution in [2.24, 2.45) is 0 Å². The van der Waals surface area contributed by atoms with Gasteiger partial charge in [-0.3, -0.25) is 4.57 Å². The monoisotopic (exact) mass is 312 g/mol. The van der Waals surface area contributed by atoms with Gasteiger partial charge >= 0.3 is 0 Å². The highest BCUT2D eigenvalue weighted by Gasteiger charge is 2.24. The summed E-state index contributed by atoms with van der Waals surface area (Å²) >= 11 is 6.31. The maximum absolute atomic E-state index is 6.31. The van der Waals surface area contributed by atoms with Crippen LogP contribution in [0.2, 0.25) is 5.02 Å². The van der Waals surface area contributed by atoms with E-state index in [2.05, 4.69) is 21.0 Å². The molecule has 0 unspecified atom stereocenters. The van der Waals surface area contributed by atoms with Gasteiger partial charge in [-0.15, -0.1) is 0 Å². The minimum atomic E-state index is 0.444. The van der Waals surface area contributed by atoms with E-state index in [-0.39, 0.29) is 0 Å². The van der Waals surface area contributed by atoms with Crippen LogP contribution in [0.25, 0.3) is 5.82 Å². The molecule has 1 aliphatic carbocycles. The zero-order valence-electron chi connectivity index (χ0n) is 11.7. The molecule has 4 rings (SSSR count). The predicted octanol–water partition coefficient (Wildman–Crippen LogP) is 3.99. The largest absolute Gasteiger partial charge is 0.437 e. The molecule has 5 nitrogen and oxygen atoms in total. The van der Waals surface area contributed by atoms with Crippen LogP contribution in [0.1, 0.15) is 24.3 Å². The van der Waals surface area contributed by atoms with E-state index in [1.54, 1.807) is 23.2 Å². The molecule has 1 aliphatic rings. The predicted molar refractivity (Wildman–Crippen MR) is 82.7 cm³/mol. The molecule has 0 atom stereocenters. The number of imidazole rings is 1. The normalized spacial score (nSPS) is 14.0. The molecule has 6 heteroatoms. The van der Waals surface area contributed by atoms with Gasteiger partial charge in [-0.05, 0) is 36.5 Å². The van der Waals surface area contributed by atoms with Gasteiger partial charge in [-0.25, -0.2) is 15.0 Å². The molecule has 1 saturated carbocycles. The van der Waals surface area contributed by atoms with Gasteiger partial charge in [0.25, 0.3) is 0 Å². The number of nitrogens with zero attached hydrogens (tertiary/aromatic N) is 4. The molecule has 0 spiro atoms. The molecule has 1 aromatic carbocycles. The van der Waals surface area contributed by atoms with Crippen LogP contribution in [0.4, 0.5) is 0 Å². The van der Waals surface area contributed by atoms with Crippen molar-refractivity contribution in [3.05, 3.63) is 59.9 Å². The maximum atomic E-state index is 6.31. The summed E-state index contributed by atoms with van der Waals surface area (Å²) in [6.07, 6.45) is 9.12. The topological polar surface area (TPSA) is 52.8 Å². The lowest BCUT2D eigenvalue weighted by molar-refractivity contribution is 0.461. The first-order valence-electron chi connectivity index (χ1n) is 7.07. The fourth-order valence-corrected chi connectivity index (χ4v) is 2.53. The molecule has 0 amide bonds. The summed E-state index contributed by atoms with van der Waals surface area (Å²) in [5.74, 6) is 2.40. The van der Waals surface area contributed by atoms with Crippen molar-refractivity contribution in [3.8, 4) is 17.4 Å². The second-order valence-electron chi connectivity index (χ2n) is 5.25. The van der Waals surface area contributed by atoms with E-state index < -0.39 is 0 Å². The average molecular weight is 313 g/mol. The molecule has 2 heterocycles. The molecule has 0 aliphatic heterocycles. The standard InChI is InChI=1S/C16H13ClN4O/c17-13-7-12(11-1-2-11)3-4-14(13)22-16-8-15(19-9-20-16)21-6-5-18-10-21/h3-11H,1-2H2.